The van der Waals surface area contributed by atoms with Gasteiger partial charge in [0.25, 0.3) is 0 Å². The number of likely N-dealkylation sites (tertiary alicyclic amines) is 1. The maximum atomic E-state index is 13.1. The van der Waals surface area contributed by atoms with Gasteiger partial charge in [0.15, 0.2) is 5.84 Å². The van der Waals surface area contributed by atoms with Crippen LogP contribution in [-0.2, 0) is 10.9 Å². The van der Waals surface area contributed by atoms with Gasteiger partial charge in [0.1, 0.15) is 5.82 Å². The number of ether oxygens (including phenoxy) is 1. The van der Waals surface area contributed by atoms with Gasteiger partial charge in [0, 0.05) is 29.7 Å². The van der Waals surface area contributed by atoms with Crippen LogP contribution in [-0.4, -0.2) is 48.6 Å². The number of carbonyl (C=O) groups excluding carboxylic acids is 2. The number of primary amides is 1. The van der Waals surface area contributed by atoms with Crippen LogP contribution < -0.4 is 16.0 Å². The molecule has 2 aromatic carbocycles. The van der Waals surface area contributed by atoms with Crippen LogP contribution in [0.4, 0.5) is 28.4 Å². The van der Waals surface area contributed by atoms with Crippen LogP contribution in [0.2, 0.25) is 5.02 Å². The molecule has 0 unspecified atom stereocenters. The minimum atomic E-state index is -4.54. The maximum Gasteiger partial charge on any atom is 0.416 e. The first-order valence-electron chi connectivity index (χ1n) is 11.9. The lowest BCUT2D eigenvalue weighted by atomic mass is 10.1. The maximum absolute atomic E-state index is 13.1. The number of benzene rings is 2. The number of halogens is 4. The molecule has 0 atom stereocenters. The van der Waals surface area contributed by atoms with Gasteiger partial charge in [0.2, 0.25) is 0 Å². The number of anilines is 1. The molecule has 1 saturated heterocycles. The Hall–Kier alpha value is -3.73. The number of alkyl carbamates (subject to hydrolysis) is 1. The first kappa shape index (κ1) is 28.8. The van der Waals surface area contributed by atoms with Gasteiger partial charge in [-0.2, -0.15) is 13.2 Å². The molecule has 2 aromatic rings. The Morgan fingerprint density at radius 1 is 1.21 bits per heavy atom. The number of hydrogen-bond donors (Lipinski definition) is 2. The van der Waals surface area contributed by atoms with Gasteiger partial charge in [-0.15, -0.1) is 0 Å². The molecule has 0 bridgehead atoms. The number of amides is 3. The molecule has 204 valence electrons. The molecule has 1 fully saturated rings. The average Bonchev–Trinajstić information content (AvgIpc) is 2.84. The quantitative estimate of drug-likeness (QED) is 0.356. The van der Waals surface area contributed by atoms with Gasteiger partial charge >= 0.3 is 18.3 Å². The van der Waals surface area contributed by atoms with Crippen molar-refractivity contribution in [3.05, 3.63) is 76.6 Å². The van der Waals surface area contributed by atoms with E-state index in [-0.39, 0.29) is 24.2 Å². The Kier molecular flexibility index (Phi) is 9.26. The number of aliphatic imine (C=N–C) groups is 1. The van der Waals surface area contributed by atoms with Gasteiger partial charge in [-0.25, -0.2) is 19.5 Å². The average molecular weight is 552 g/mol. The molecule has 0 saturated carbocycles. The zero-order chi connectivity index (χ0) is 28.0. The fourth-order valence-electron chi connectivity index (χ4n) is 4.08. The molecule has 0 spiro atoms. The van der Waals surface area contributed by atoms with E-state index in [0.717, 1.165) is 29.2 Å². The van der Waals surface area contributed by atoms with Crippen molar-refractivity contribution in [1.29, 1.82) is 0 Å². The Morgan fingerprint density at radius 3 is 2.37 bits per heavy atom. The summed E-state index contributed by atoms with van der Waals surface area (Å²) in [5.41, 5.74) is 6.11. The van der Waals surface area contributed by atoms with Crippen molar-refractivity contribution < 1.29 is 27.5 Å². The van der Waals surface area contributed by atoms with Crippen LogP contribution in [0.5, 0.6) is 0 Å². The third-order valence-corrected chi connectivity index (χ3v) is 6.24. The van der Waals surface area contributed by atoms with Crippen LogP contribution in [0.25, 0.3) is 0 Å². The molecular formula is C26H29ClF3N5O3. The van der Waals surface area contributed by atoms with E-state index in [1.807, 2.05) is 4.90 Å². The van der Waals surface area contributed by atoms with Crippen molar-refractivity contribution in [3.63, 3.8) is 0 Å². The Labute approximate surface area is 223 Å². The molecule has 3 N–H and O–H groups in total. The minimum Gasteiger partial charge on any atom is -0.450 e. The predicted octanol–water partition coefficient (Wildman–Crippen LogP) is 5.68. The molecule has 8 nitrogen and oxygen atoms in total. The van der Waals surface area contributed by atoms with Crippen molar-refractivity contribution in [2.24, 2.45) is 10.7 Å². The van der Waals surface area contributed by atoms with E-state index in [1.54, 1.807) is 32.0 Å². The molecule has 3 rings (SSSR count). The zero-order valence-corrected chi connectivity index (χ0v) is 21.8. The lowest BCUT2D eigenvalue weighted by molar-refractivity contribution is -0.137. The van der Waals surface area contributed by atoms with Gasteiger partial charge in [0.05, 0.1) is 17.9 Å². The third kappa shape index (κ3) is 7.18. The number of aryl methyl sites for hydroxylation is 1. The van der Waals surface area contributed by atoms with Crippen molar-refractivity contribution >= 4 is 35.2 Å². The lowest BCUT2D eigenvalue weighted by Gasteiger charge is -2.34. The van der Waals surface area contributed by atoms with E-state index in [2.05, 4.69) is 16.9 Å². The van der Waals surface area contributed by atoms with E-state index < -0.39 is 23.9 Å². The molecule has 1 aliphatic rings. The van der Waals surface area contributed by atoms with Crippen molar-refractivity contribution in [2.75, 3.05) is 24.6 Å². The van der Waals surface area contributed by atoms with Gasteiger partial charge in [-0.1, -0.05) is 18.2 Å². The largest absolute Gasteiger partial charge is 0.450 e. The first-order valence-corrected chi connectivity index (χ1v) is 12.3. The highest BCUT2D eigenvalue weighted by molar-refractivity contribution is 6.31. The predicted molar refractivity (Wildman–Crippen MR) is 140 cm³/mol. The van der Waals surface area contributed by atoms with E-state index in [4.69, 9.17) is 22.1 Å². The van der Waals surface area contributed by atoms with Crippen molar-refractivity contribution in [2.45, 2.75) is 38.9 Å². The van der Waals surface area contributed by atoms with Crippen LogP contribution in [0, 0.1) is 6.92 Å². The highest BCUT2D eigenvalue weighted by Crippen LogP contribution is 2.31. The number of nitrogens with one attached hydrogen (secondary N) is 1. The van der Waals surface area contributed by atoms with Crippen molar-refractivity contribution in [1.82, 2.24) is 10.2 Å². The molecule has 12 heteroatoms. The summed E-state index contributed by atoms with van der Waals surface area (Å²) in [7, 11) is 0. The monoisotopic (exact) mass is 551 g/mol. The first-order chi connectivity index (χ1) is 17.9. The fourth-order valence-corrected chi connectivity index (χ4v) is 4.30. The van der Waals surface area contributed by atoms with Gasteiger partial charge in [-0.3, -0.25) is 0 Å². The van der Waals surface area contributed by atoms with Crippen LogP contribution >= 0.6 is 11.6 Å². The summed E-state index contributed by atoms with van der Waals surface area (Å²) in [6.45, 7) is 8.86. The molecule has 0 radical (unpaired) electrons. The summed E-state index contributed by atoms with van der Waals surface area (Å²) in [4.78, 5) is 32.0. The number of nitrogens with two attached hydrogens (primary N) is 1. The van der Waals surface area contributed by atoms with E-state index >= 15 is 0 Å². The smallest absolute Gasteiger partial charge is 0.416 e. The van der Waals surface area contributed by atoms with E-state index in [1.165, 1.54) is 0 Å². The Morgan fingerprint density at radius 2 is 1.84 bits per heavy atom. The lowest BCUT2D eigenvalue weighted by Crippen LogP contribution is -2.45. The summed E-state index contributed by atoms with van der Waals surface area (Å²) in [5, 5.41) is 3.27. The zero-order valence-electron chi connectivity index (χ0n) is 21.0. The second-order valence-electron chi connectivity index (χ2n) is 8.66. The van der Waals surface area contributed by atoms with E-state index in [0.29, 0.717) is 47.9 Å². The third-order valence-electron chi connectivity index (χ3n) is 6.01. The summed E-state index contributed by atoms with van der Waals surface area (Å²) in [6, 6.07) is 7.97. The number of amidine groups is 1. The number of nitrogens with zero attached hydrogens (tertiary/aromatic N) is 3. The van der Waals surface area contributed by atoms with Crippen LogP contribution in [0.3, 0.4) is 0 Å². The number of hydrogen-bond acceptors (Lipinski definition) is 5. The molecule has 0 aromatic heterocycles. The molecule has 38 heavy (non-hydrogen) atoms. The summed E-state index contributed by atoms with van der Waals surface area (Å²) in [5.74, 6) is 0.408. The molecule has 1 heterocycles. The molecule has 0 aliphatic carbocycles. The van der Waals surface area contributed by atoms with Gasteiger partial charge in [-0.05, 0) is 74.7 Å². The topological polar surface area (TPSA) is 100 Å². The fraction of sp³-hybridized carbons (Fsp3) is 0.346. The standard InChI is InChI=1S/C26H29ClF3N5O3/c1-4-38-25(37)33-20-11-13-34(14-12-20)17(3)32-23(22-10-7-19(27)15-16(22)2)35(24(31)36)21-8-5-18(6-9-21)26(28,29)30/h5-10,15,20H,3-4,11-14H2,1-2H3,(H2,31,36)(H,33,37)/b32-23-. The number of alkyl halides is 3. The summed E-state index contributed by atoms with van der Waals surface area (Å²) in [6.07, 6.45) is -3.79. The van der Waals surface area contributed by atoms with Crippen LogP contribution in [0.15, 0.2) is 59.9 Å². The number of rotatable bonds is 6. The molecular weight excluding hydrogens is 523 g/mol. The minimum absolute atomic E-state index is 0.0747. The number of carbonyl (C=O) groups is 2. The molecule has 3 amide bonds. The SMILES string of the molecule is C=C(/N=C(/c1ccc(Cl)cc1C)N(C(N)=O)c1ccc(C(F)(F)F)cc1)N1CCC(NC(=O)OCC)CC1. The number of piperidine rings is 1. The Bertz CT molecular complexity index is 1210. The van der Waals surface area contributed by atoms with Crippen LogP contribution in [0.1, 0.15) is 36.5 Å². The second kappa shape index (κ2) is 12.2. The number of urea groups is 1. The van der Waals surface area contributed by atoms with Gasteiger partial charge < -0.3 is 20.7 Å². The normalized spacial score (nSPS) is 14.7. The highest BCUT2D eigenvalue weighted by Gasteiger charge is 2.31. The van der Waals surface area contributed by atoms with E-state index in [9.17, 15) is 22.8 Å². The highest BCUT2D eigenvalue weighted by atomic mass is 35.5. The Balaban J connectivity index is 1.94. The molecule has 1 aliphatic heterocycles. The second-order valence-corrected chi connectivity index (χ2v) is 9.09. The van der Waals surface area contributed by atoms with Crippen molar-refractivity contribution in [3.8, 4) is 0 Å². The summed E-state index contributed by atoms with van der Waals surface area (Å²) >= 11 is 6.12. The summed E-state index contributed by atoms with van der Waals surface area (Å²) < 4.78 is 44.3.